The summed E-state index contributed by atoms with van der Waals surface area (Å²) in [5, 5.41) is -0.172. The van der Waals surface area contributed by atoms with Crippen molar-refractivity contribution in [3.8, 4) is 0 Å². The highest BCUT2D eigenvalue weighted by Crippen LogP contribution is 2.11. The van der Waals surface area contributed by atoms with Crippen molar-refractivity contribution in [2.45, 2.75) is 11.8 Å². The Hall–Kier alpha value is -0.580. The molecule has 18 heavy (non-hydrogen) atoms. The van der Waals surface area contributed by atoms with E-state index in [4.69, 9.17) is 16.3 Å². The Labute approximate surface area is 121 Å². The number of alkyl halides is 1. The second-order valence-corrected chi connectivity index (χ2v) is 5.66. The Morgan fingerprint density at radius 3 is 2.61 bits per heavy atom. The van der Waals surface area contributed by atoms with Gasteiger partial charge < -0.3 is 9.64 Å². The zero-order chi connectivity index (χ0) is 13.5. The van der Waals surface area contributed by atoms with Crippen LogP contribution in [-0.4, -0.2) is 43.5 Å². The summed E-state index contributed by atoms with van der Waals surface area (Å²) in [5.41, 5.74) is 0.993. The fraction of sp³-hybridized carbons (Fsp3) is 0.462. The van der Waals surface area contributed by atoms with Crippen LogP contribution in [0.1, 0.15) is 5.56 Å². The van der Waals surface area contributed by atoms with Crippen LogP contribution in [0.3, 0.4) is 0 Å². The highest BCUT2D eigenvalue weighted by Gasteiger charge is 2.14. The number of hydrogen-bond donors (Lipinski definition) is 0. The van der Waals surface area contributed by atoms with Gasteiger partial charge in [-0.2, -0.15) is 0 Å². The average Bonchev–Trinajstić information content (AvgIpc) is 2.32. The second-order valence-electron chi connectivity index (χ2n) is 4.13. The molecule has 5 heteroatoms. The Bertz CT molecular complexity index is 383. The molecule has 1 rings (SSSR count). The molecule has 0 N–H and O–H groups in total. The van der Waals surface area contributed by atoms with Crippen LogP contribution in [0.5, 0.6) is 0 Å². The van der Waals surface area contributed by atoms with E-state index in [1.807, 2.05) is 24.3 Å². The van der Waals surface area contributed by atoms with Crippen LogP contribution >= 0.6 is 27.5 Å². The van der Waals surface area contributed by atoms with E-state index in [1.165, 1.54) is 0 Å². The molecule has 100 valence electrons. The van der Waals surface area contributed by atoms with Gasteiger partial charge in [-0.25, -0.2) is 0 Å². The van der Waals surface area contributed by atoms with Crippen LogP contribution in [0.25, 0.3) is 0 Å². The summed E-state index contributed by atoms with van der Waals surface area (Å²) in [4.78, 5) is 13.6. The molecule has 3 nitrogen and oxygen atoms in total. The Morgan fingerprint density at radius 2 is 2.06 bits per heavy atom. The summed E-state index contributed by atoms with van der Waals surface area (Å²) in [5.74, 6) is 0.0547. The summed E-state index contributed by atoms with van der Waals surface area (Å²) >= 11 is 9.38. The van der Waals surface area contributed by atoms with E-state index in [-0.39, 0.29) is 11.3 Å². The fourth-order valence-electron chi connectivity index (χ4n) is 1.54. The third-order valence-electron chi connectivity index (χ3n) is 2.51. The monoisotopic (exact) mass is 333 g/mol. The van der Waals surface area contributed by atoms with Gasteiger partial charge in [-0.15, -0.1) is 11.6 Å². The topological polar surface area (TPSA) is 29.5 Å². The van der Waals surface area contributed by atoms with E-state index in [0.29, 0.717) is 19.6 Å². The van der Waals surface area contributed by atoms with Crippen LogP contribution < -0.4 is 0 Å². The number of likely N-dealkylation sites (N-methyl/N-ethyl adjacent to an activating group) is 1. The molecule has 0 heterocycles. The second kappa shape index (κ2) is 7.77. The van der Waals surface area contributed by atoms with Crippen LogP contribution in [0.4, 0.5) is 0 Å². The van der Waals surface area contributed by atoms with E-state index in [1.54, 1.807) is 19.1 Å². The Kier molecular flexibility index (Phi) is 6.68. The van der Waals surface area contributed by atoms with E-state index >= 15 is 0 Å². The minimum Gasteiger partial charge on any atom is -0.383 e. The number of hydrogen-bond acceptors (Lipinski definition) is 2. The number of rotatable bonds is 6. The molecule has 0 aromatic heterocycles. The summed E-state index contributed by atoms with van der Waals surface area (Å²) in [6.07, 6.45) is 0.389. The smallest absolute Gasteiger partial charge is 0.226 e. The molecule has 1 amide bonds. The van der Waals surface area contributed by atoms with Gasteiger partial charge in [0.2, 0.25) is 5.91 Å². The van der Waals surface area contributed by atoms with Crippen molar-refractivity contribution in [2.24, 2.45) is 0 Å². The van der Waals surface area contributed by atoms with Gasteiger partial charge in [-0.3, -0.25) is 4.79 Å². The van der Waals surface area contributed by atoms with E-state index < -0.39 is 0 Å². The number of amides is 1. The number of halogens is 2. The van der Waals surface area contributed by atoms with Crippen LogP contribution in [0.15, 0.2) is 28.7 Å². The normalized spacial score (nSPS) is 12.2. The summed E-state index contributed by atoms with van der Waals surface area (Å²) in [6.45, 7) is 0.933. The van der Waals surface area contributed by atoms with Crippen LogP contribution in [0, 0.1) is 0 Å². The minimum atomic E-state index is -0.172. The number of methoxy groups -OCH3 is 1. The van der Waals surface area contributed by atoms with E-state index in [9.17, 15) is 4.79 Å². The first-order chi connectivity index (χ1) is 8.52. The maximum Gasteiger partial charge on any atom is 0.226 e. The predicted molar refractivity (Wildman–Crippen MR) is 77.0 cm³/mol. The highest BCUT2D eigenvalue weighted by molar-refractivity contribution is 9.10. The molecule has 0 fully saturated rings. The van der Waals surface area contributed by atoms with Crippen molar-refractivity contribution in [1.29, 1.82) is 0 Å². The van der Waals surface area contributed by atoms with Gasteiger partial charge in [0.15, 0.2) is 0 Å². The lowest BCUT2D eigenvalue weighted by Crippen LogP contribution is -2.34. The molecular weight excluding hydrogens is 318 g/mol. The van der Waals surface area contributed by atoms with Gasteiger partial charge in [0, 0.05) is 25.2 Å². The van der Waals surface area contributed by atoms with Gasteiger partial charge in [0.1, 0.15) is 0 Å². The number of ether oxygens (including phenoxy) is 1. The predicted octanol–water partition coefficient (Wildman–Crippen LogP) is 2.70. The lowest BCUT2D eigenvalue weighted by molar-refractivity contribution is -0.129. The average molecular weight is 335 g/mol. The largest absolute Gasteiger partial charge is 0.383 e. The minimum absolute atomic E-state index is 0.0547. The summed E-state index contributed by atoms with van der Waals surface area (Å²) < 4.78 is 5.95. The molecule has 0 spiro atoms. The fourth-order valence-corrected chi connectivity index (χ4v) is 2.14. The third kappa shape index (κ3) is 5.38. The van der Waals surface area contributed by atoms with Crippen molar-refractivity contribution in [2.75, 3.05) is 27.3 Å². The molecule has 0 saturated heterocycles. The molecule has 0 aliphatic rings. The molecule has 0 aliphatic carbocycles. The molecule has 0 aliphatic heterocycles. The number of nitrogens with zero attached hydrogens (tertiary/aromatic N) is 1. The van der Waals surface area contributed by atoms with Crippen molar-refractivity contribution >= 4 is 33.4 Å². The van der Waals surface area contributed by atoms with Crippen molar-refractivity contribution in [1.82, 2.24) is 4.90 Å². The number of carbonyl (C=O) groups is 1. The van der Waals surface area contributed by atoms with E-state index in [2.05, 4.69) is 15.9 Å². The molecule has 0 bridgehead atoms. The number of benzene rings is 1. The van der Waals surface area contributed by atoms with Crippen LogP contribution in [0.2, 0.25) is 0 Å². The molecule has 1 aromatic rings. The number of carbonyl (C=O) groups excluding carboxylic acids is 1. The van der Waals surface area contributed by atoms with Crippen LogP contribution in [-0.2, 0) is 16.0 Å². The SMILES string of the molecule is COCC(Cl)CN(C)C(=O)Cc1ccc(Br)cc1. The standard InChI is InChI=1S/C13H17BrClNO2/c1-16(8-12(15)9-18-2)13(17)7-10-3-5-11(14)6-4-10/h3-6,12H,7-9H2,1-2H3. The van der Waals surface area contributed by atoms with E-state index in [0.717, 1.165) is 10.0 Å². The van der Waals surface area contributed by atoms with Gasteiger partial charge in [-0.05, 0) is 17.7 Å². The maximum absolute atomic E-state index is 12.0. The lowest BCUT2D eigenvalue weighted by atomic mass is 10.1. The quantitative estimate of drug-likeness (QED) is 0.749. The zero-order valence-corrected chi connectivity index (χ0v) is 12.9. The molecule has 1 atom stereocenters. The summed E-state index contributed by atoms with van der Waals surface area (Å²) in [6, 6.07) is 7.72. The maximum atomic E-state index is 12.0. The molecule has 0 saturated carbocycles. The molecule has 0 radical (unpaired) electrons. The van der Waals surface area contributed by atoms with Gasteiger partial charge in [0.25, 0.3) is 0 Å². The van der Waals surface area contributed by atoms with Gasteiger partial charge in [0.05, 0.1) is 18.4 Å². The Balaban J connectivity index is 2.46. The van der Waals surface area contributed by atoms with Gasteiger partial charge >= 0.3 is 0 Å². The lowest BCUT2D eigenvalue weighted by Gasteiger charge is -2.20. The van der Waals surface area contributed by atoms with Gasteiger partial charge in [-0.1, -0.05) is 28.1 Å². The van der Waals surface area contributed by atoms with Crippen molar-refractivity contribution in [3.05, 3.63) is 34.3 Å². The molecule has 1 unspecified atom stereocenters. The zero-order valence-electron chi connectivity index (χ0n) is 10.5. The van der Waals surface area contributed by atoms with Crippen molar-refractivity contribution in [3.63, 3.8) is 0 Å². The molecular formula is C13H17BrClNO2. The summed E-state index contributed by atoms with van der Waals surface area (Å²) in [7, 11) is 3.35. The van der Waals surface area contributed by atoms with Crippen molar-refractivity contribution < 1.29 is 9.53 Å². The first-order valence-corrected chi connectivity index (χ1v) is 6.87. The highest BCUT2D eigenvalue weighted by atomic mass is 79.9. The first-order valence-electron chi connectivity index (χ1n) is 5.64. The Morgan fingerprint density at radius 1 is 1.44 bits per heavy atom. The molecule has 1 aromatic carbocycles. The third-order valence-corrected chi connectivity index (χ3v) is 3.31. The first kappa shape index (κ1) is 15.5.